The molecule has 1 aliphatic heterocycles. The lowest BCUT2D eigenvalue weighted by molar-refractivity contribution is -0.112. The molecule has 1 unspecified atom stereocenters. The van der Waals surface area contributed by atoms with Gasteiger partial charge >= 0.3 is 0 Å². The maximum atomic E-state index is 12.8. The normalized spacial score (nSPS) is 18.2. The largest absolute Gasteiger partial charge is 0.493 e. The van der Waals surface area contributed by atoms with Gasteiger partial charge in [-0.1, -0.05) is 6.92 Å². The first-order valence-electron chi connectivity index (χ1n) is 9.10. The SMILES string of the molecule is COc1ccc(NC(=O)C2=Cc3sc4c(c3CS2)CCC(C)C4)cc1OC. The summed E-state index contributed by atoms with van der Waals surface area (Å²) in [5.41, 5.74) is 3.70. The Kier molecular flexibility index (Phi) is 5.19. The molecule has 2 aromatic rings. The van der Waals surface area contributed by atoms with Gasteiger partial charge in [-0.25, -0.2) is 0 Å². The molecule has 0 bridgehead atoms. The summed E-state index contributed by atoms with van der Waals surface area (Å²) in [5.74, 6) is 2.83. The van der Waals surface area contributed by atoms with E-state index in [1.165, 1.54) is 34.6 Å². The van der Waals surface area contributed by atoms with Crippen molar-refractivity contribution in [2.75, 3.05) is 19.5 Å². The van der Waals surface area contributed by atoms with Gasteiger partial charge in [0.1, 0.15) is 0 Å². The molecular formula is C21H23NO3S2. The average Bonchev–Trinajstić information content (AvgIpc) is 3.04. The molecule has 4 nitrogen and oxygen atoms in total. The van der Waals surface area contributed by atoms with E-state index in [0.29, 0.717) is 17.2 Å². The van der Waals surface area contributed by atoms with Crippen LogP contribution in [0.5, 0.6) is 11.5 Å². The maximum Gasteiger partial charge on any atom is 0.262 e. The van der Waals surface area contributed by atoms with E-state index in [9.17, 15) is 4.79 Å². The van der Waals surface area contributed by atoms with Gasteiger partial charge < -0.3 is 14.8 Å². The molecule has 0 saturated heterocycles. The van der Waals surface area contributed by atoms with Gasteiger partial charge in [-0.15, -0.1) is 23.1 Å². The Morgan fingerprint density at radius 3 is 2.78 bits per heavy atom. The molecule has 1 N–H and O–H groups in total. The highest BCUT2D eigenvalue weighted by Gasteiger charge is 2.27. The summed E-state index contributed by atoms with van der Waals surface area (Å²) in [7, 11) is 3.18. The van der Waals surface area contributed by atoms with E-state index >= 15 is 0 Å². The van der Waals surface area contributed by atoms with Crippen LogP contribution in [0, 0.1) is 5.92 Å². The Hall–Kier alpha value is -1.92. The van der Waals surface area contributed by atoms with Crippen molar-refractivity contribution in [3.63, 3.8) is 0 Å². The van der Waals surface area contributed by atoms with Crippen LogP contribution < -0.4 is 14.8 Å². The molecule has 4 rings (SSSR count). The maximum absolute atomic E-state index is 12.8. The fourth-order valence-electron chi connectivity index (χ4n) is 3.66. The number of hydrogen-bond donors (Lipinski definition) is 1. The lowest BCUT2D eigenvalue weighted by Gasteiger charge is -2.20. The fourth-order valence-corrected chi connectivity index (χ4v) is 6.32. The number of carbonyl (C=O) groups is 1. The Bertz CT molecular complexity index is 916. The summed E-state index contributed by atoms with van der Waals surface area (Å²) in [6.07, 6.45) is 5.70. The summed E-state index contributed by atoms with van der Waals surface area (Å²) in [6.45, 7) is 2.33. The first-order chi connectivity index (χ1) is 13.1. The van der Waals surface area contributed by atoms with Gasteiger partial charge in [0.15, 0.2) is 11.5 Å². The van der Waals surface area contributed by atoms with Crippen LogP contribution in [0.25, 0.3) is 6.08 Å². The van der Waals surface area contributed by atoms with E-state index in [1.807, 2.05) is 17.4 Å². The molecular weight excluding hydrogens is 378 g/mol. The molecule has 6 heteroatoms. The highest BCUT2D eigenvalue weighted by molar-refractivity contribution is 8.03. The number of thioether (sulfide) groups is 1. The minimum atomic E-state index is -0.0717. The molecule has 2 aliphatic rings. The third kappa shape index (κ3) is 3.60. The number of methoxy groups -OCH3 is 2. The van der Waals surface area contributed by atoms with Crippen molar-refractivity contribution in [2.24, 2.45) is 5.92 Å². The molecule has 0 radical (unpaired) electrons. The fraction of sp³-hybridized carbons (Fsp3) is 0.381. The molecule has 27 heavy (non-hydrogen) atoms. The highest BCUT2D eigenvalue weighted by Crippen LogP contribution is 2.43. The van der Waals surface area contributed by atoms with Crippen LogP contribution in [-0.4, -0.2) is 20.1 Å². The van der Waals surface area contributed by atoms with Gasteiger partial charge in [-0.3, -0.25) is 4.79 Å². The zero-order valence-corrected chi connectivity index (χ0v) is 17.4. The summed E-state index contributed by atoms with van der Waals surface area (Å²) >= 11 is 3.50. The van der Waals surface area contributed by atoms with Crippen molar-refractivity contribution in [2.45, 2.75) is 31.9 Å². The number of amides is 1. The first kappa shape index (κ1) is 18.4. The van der Waals surface area contributed by atoms with Crippen molar-refractivity contribution < 1.29 is 14.3 Å². The van der Waals surface area contributed by atoms with Gasteiger partial charge in [-0.05, 0) is 54.5 Å². The number of ether oxygens (including phenoxy) is 2. The smallest absolute Gasteiger partial charge is 0.262 e. The molecule has 2 heterocycles. The lowest BCUT2D eigenvalue weighted by Crippen LogP contribution is -2.14. The van der Waals surface area contributed by atoms with Crippen LogP contribution in [0.3, 0.4) is 0 Å². The van der Waals surface area contributed by atoms with Crippen LogP contribution in [-0.2, 0) is 23.4 Å². The number of hydrogen-bond acceptors (Lipinski definition) is 5. The quantitative estimate of drug-likeness (QED) is 0.773. The number of rotatable bonds is 4. The van der Waals surface area contributed by atoms with Crippen molar-refractivity contribution in [1.82, 2.24) is 0 Å². The van der Waals surface area contributed by atoms with E-state index in [4.69, 9.17) is 9.47 Å². The van der Waals surface area contributed by atoms with Gasteiger partial charge in [0, 0.05) is 27.3 Å². The third-order valence-corrected chi connectivity index (χ3v) is 7.44. The zero-order chi connectivity index (χ0) is 19.0. The lowest BCUT2D eigenvalue weighted by atomic mass is 9.88. The number of carbonyl (C=O) groups excluding carboxylic acids is 1. The summed E-state index contributed by atoms with van der Waals surface area (Å²) in [6, 6.07) is 5.40. The Labute approximate surface area is 168 Å². The van der Waals surface area contributed by atoms with E-state index in [2.05, 4.69) is 18.3 Å². The monoisotopic (exact) mass is 401 g/mol. The first-order valence-corrected chi connectivity index (χ1v) is 10.9. The summed E-state index contributed by atoms with van der Waals surface area (Å²) < 4.78 is 10.6. The molecule has 1 aromatic heterocycles. The molecule has 1 aromatic carbocycles. The number of thiophene rings is 1. The minimum absolute atomic E-state index is 0.0717. The van der Waals surface area contributed by atoms with E-state index < -0.39 is 0 Å². The second kappa shape index (κ2) is 7.60. The highest BCUT2D eigenvalue weighted by atomic mass is 32.2. The molecule has 1 atom stereocenters. The van der Waals surface area contributed by atoms with Crippen molar-refractivity contribution in [3.05, 3.63) is 44.0 Å². The van der Waals surface area contributed by atoms with E-state index in [-0.39, 0.29) is 5.91 Å². The van der Waals surface area contributed by atoms with E-state index in [1.54, 1.807) is 43.7 Å². The van der Waals surface area contributed by atoms with Crippen molar-refractivity contribution >= 4 is 40.8 Å². The summed E-state index contributed by atoms with van der Waals surface area (Å²) in [4.78, 5) is 16.3. The Balaban J connectivity index is 1.54. The van der Waals surface area contributed by atoms with Gasteiger partial charge in [-0.2, -0.15) is 0 Å². The van der Waals surface area contributed by atoms with Crippen LogP contribution >= 0.6 is 23.1 Å². The summed E-state index contributed by atoms with van der Waals surface area (Å²) in [5, 5.41) is 2.98. The Morgan fingerprint density at radius 1 is 1.19 bits per heavy atom. The number of benzene rings is 1. The number of anilines is 1. The predicted molar refractivity (Wildman–Crippen MR) is 113 cm³/mol. The molecule has 1 aliphatic carbocycles. The van der Waals surface area contributed by atoms with Crippen LogP contribution in [0.4, 0.5) is 5.69 Å². The van der Waals surface area contributed by atoms with E-state index in [0.717, 1.165) is 16.6 Å². The molecule has 0 fully saturated rings. The minimum Gasteiger partial charge on any atom is -0.493 e. The second-order valence-electron chi connectivity index (χ2n) is 7.02. The second-order valence-corrected chi connectivity index (χ2v) is 9.17. The molecule has 0 saturated carbocycles. The zero-order valence-electron chi connectivity index (χ0n) is 15.8. The van der Waals surface area contributed by atoms with Gasteiger partial charge in [0.25, 0.3) is 5.91 Å². The van der Waals surface area contributed by atoms with Crippen molar-refractivity contribution in [3.8, 4) is 11.5 Å². The molecule has 1 amide bonds. The van der Waals surface area contributed by atoms with Crippen molar-refractivity contribution in [1.29, 1.82) is 0 Å². The predicted octanol–water partition coefficient (Wildman–Crippen LogP) is 5.12. The van der Waals surface area contributed by atoms with Crippen LogP contribution in [0.1, 0.15) is 34.2 Å². The third-order valence-electron chi connectivity index (χ3n) is 5.15. The van der Waals surface area contributed by atoms with Crippen LogP contribution in [0.2, 0.25) is 0 Å². The molecule has 142 valence electrons. The molecule has 0 spiro atoms. The topological polar surface area (TPSA) is 47.6 Å². The van der Waals surface area contributed by atoms with Gasteiger partial charge in [0.2, 0.25) is 0 Å². The Morgan fingerprint density at radius 2 is 2.00 bits per heavy atom. The number of fused-ring (bicyclic) bond motifs is 3. The standard InChI is InChI=1S/C21H23NO3S2/c1-12-4-6-14-15-11-26-20(10-19(15)27-18(14)8-12)21(23)22-13-5-7-16(24-2)17(9-13)25-3/h5,7,9-10,12H,4,6,8,11H2,1-3H3,(H,22,23). The average molecular weight is 402 g/mol. The van der Waals surface area contributed by atoms with Crippen LogP contribution in [0.15, 0.2) is 23.1 Å². The number of nitrogens with one attached hydrogen (secondary N) is 1. The van der Waals surface area contributed by atoms with Gasteiger partial charge in [0.05, 0.1) is 19.1 Å².